The van der Waals surface area contributed by atoms with Gasteiger partial charge in [0.1, 0.15) is 0 Å². The van der Waals surface area contributed by atoms with Crippen LogP contribution >= 0.6 is 0 Å². The van der Waals surface area contributed by atoms with Crippen molar-refractivity contribution >= 4 is 16.7 Å². The Morgan fingerprint density at radius 3 is 2.38 bits per heavy atom. The third-order valence-electron chi connectivity index (χ3n) is 3.46. The Hall–Kier alpha value is -2.61. The van der Waals surface area contributed by atoms with Crippen molar-refractivity contribution < 1.29 is 9.53 Å². The number of rotatable bonds is 3. The van der Waals surface area contributed by atoms with E-state index in [1.165, 1.54) is 0 Å². The maximum absolute atomic E-state index is 12.2. The van der Waals surface area contributed by atoms with Crippen LogP contribution in [0, 0.1) is 0 Å². The molecule has 0 unspecified atom stereocenters. The average Bonchev–Trinajstić information content (AvgIpc) is 2.55. The number of carbonyl (C=O) groups excluding carboxylic acids is 1. The Balaban J connectivity index is 2.22. The van der Waals surface area contributed by atoms with Crippen LogP contribution in [0.25, 0.3) is 21.9 Å². The maximum Gasteiger partial charge on any atom is 0.338 e. The lowest BCUT2D eigenvalue weighted by Crippen LogP contribution is -2.05. The van der Waals surface area contributed by atoms with Gasteiger partial charge in [0.25, 0.3) is 0 Å². The van der Waals surface area contributed by atoms with Crippen molar-refractivity contribution in [2.75, 3.05) is 6.61 Å². The number of carbonyl (C=O) groups is 1. The number of fused-ring (bicyclic) bond motifs is 1. The molecule has 0 saturated heterocycles. The molecule has 21 heavy (non-hydrogen) atoms. The van der Waals surface area contributed by atoms with E-state index in [1.54, 1.807) is 0 Å². The molecule has 3 aromatic carbocycles. The third kappa shape index (κ3) is 2.65. The van der Waals surface area contributed by atoms with Crippen molar-refractivity contribution in [2.24, 2.45) is 0 Å². The molecule has 2 nitrogen and oxygen atoms in total. The fourth-order valence-electron chi connectivity index (χ4n) is 2.49. The van der Waals surface area contributed by atoms with Crippen LogP contribution in [0.4, 0.5) is 0 Å². The summed E-state index contributed by atoms with van der Waals surface area (Å²) < 4.78 is 5.19. The first-order chi connectivity index (χ1) is 10.3. The van der Waals surface area contributed by atoms with Gasteiger partial charge in [0.05, 0.1) is 12.2 Å². The van der Waals surface area contributed by atoms with Gasteiger partial charge in [-0.3, -0.25) is 0 Å². The quantitative estimate of drug-likeness (QED) is 0.649. The lowest BCUT2D eigenvalue weighted by molar-refractivity contribution is 0.0529. The SMILES string of the molecule is CCOC(=O)c1cc(-c2ccccc2)cc2ccccc12. The Kier molecular flexibility index (Phi) is 3.69. The van der Waals surface area contributed by atoms with Gasteiger partial charge in [0.15, 0.2) is 0 Å². The number of esters is 1. The predicted molar refractivity (Wildman–Crippen MR) is 85.3 cm³/mol. The Morgan fingerprint density at radius 1 is 0.905 bits per heavy atom. The van der Waals surface area contributed by atoms with Crippen LogP contribution in [-0.2, 0) is 4.74 Å². The smallest absolute Gasteiger partial charge is 0.338 e. The summed E-state index contributed by atoms with van der Waals surface area (Å²) in [5.74, 6) is -0.272. The van der Waals surface area contributed by atoms with Crippen LogP contribution in [0.15, 0.2) is 66.7 Å². The number of ether oxygens (including phenoxy) is 1. The van der Waals surface area contributed by atoms with E-state index < -0.39 is 0 Å². The molecule has 0 aliphatic rings. The second kappa shape index (κ2) is 5.80. The molecule has 104 valence electrons. The number of hydrogen-bond acceptors (Lipinski definition) is 2. The summed E-state index contributed by atoms with van der Waals surface area (Å²) in [4.78, 5) is 12.2. The highest BCUT2D eigenvalue weighted by Crippen LogP contribution is 2.28. The first-order valence-electron chi connectivity index (χ1n) is 7.05. The van der Waals surface area contributed by atoms with E-state index in [1.807, 2.05) is 67.6 Å². The molecule has 2 heteroatoms. The molecule has 0 N–H and O–H groups in total. The molecule has 0 fully saturated rings. The van der Waals surface area contributed by atoms with E-state index in [-0.39, 0.29) is 5.97 Å². The van der Waals surface area contributed by atoms with Gasteiger partial charge in [-0.25, -0.2) is 4.79 Å². The highest BCUT2D eigenvalue weighted by atomic mass is 16.5. The molecule has 0 aromatic heterocycles. The van der Waals surface area contributed by atoms with Crippen LogP contribution in [0.2, 0.25) is 0 Å². The zero-order valence-corrected chi connectivity index (χ0v) is 11.9. The molecule has 0 heterocycles. The van der Waals surface area contributed by atoms with Crippen LogP contribution in [-0.4, -0.2) is 12.6 Å². The predicted octanol–water partition coefficient (Wildman–Crippen LogP) is 4.68. The minimum absolute atomic E-state index is 0.272. The lowest BCUT2D eigenvalue weighted by Gasteiger charge is -2.10. The van der Waals surface area contributed by atoms with Crippen molar-refractivity contribution in [2.45, 2.75) is 6.92 Å². The second-order valence-electron chi connectivity index (χ2n) is 4.83. The molecule has 0 radical (unpaired) electrons. The van der Waals surface area contributed by atoms with Crippen LogP contribution < -0.4 is 0 Å². The minimum Gasteiger partial charge on any atom is -0.462 e. The number of hydrogen-bond donors (Lipinski definition) is 0. The lowest BCUT2D eigenvalue weighted by atomic mass is 9.97. The van der Waals surface area contributed by atoms with Gasteiger partial charge in [-0.15, -0.1) is 0 Å². The summed E-state index contributed by atoms with van der Waals surface area (Å²) in [6.07, 6.45) is 0. The Bertz CT molecular complexity index is 776. The van der Waals surface area contributed by atoms with Crippen molar-refractivity contribution in [1.29, 1.82) is 0 Å². The van der Waals surface area contributed by atoms with Crippen LogP contribution in [0.3, 0.4) is 0 Å². The van der Waals surface area contributed by atoms with E-state index in [0.717, 1.165) is 21.9 Å². The molecule has 0 saturated carbocycles. The number of benzene rings is 3. The topological polar surface area (TPSA) is 26.3 Å². The Morgan fingerprint density at radius 2 is 1.62 bits per heavy atom. The summed E-state index contributed by atoms with van der Waals surface area (Å²) in [7, 11) is 0. The van der Waals surface area contributed by atoms with Gasteiger partial charge in [-0.05, 0) is 41.0 Å². The molecule has 0 amide bonds. The molecule has 0 spiro atoms. The van der Waals surface area contributed by atoms with Gasteiger partial charge in [0, 0.05) is 0 Å². The molecular formula is C19H16O2. The van der Waals surface area contributed by atoms with E-state index in [0.29, 0.717) is 12.2 Å². The summed E-state index contributed by atoms with van der Waals surface area (Å²) >= 11 is 0. The summed E-state index contributed by atoms with van der Waals surface area (Å²) in [5, 5.41) is 1.97. The standard InChI is InChI=1S/C19H16O2/c1-2-21-19(20)18-13-16(14-8-4-3-5-9-14)12-15-10-6-7-11-17(15)18/h3-13H,2H2,1H3. The van der Waals surface area contributed by atoms with Crippen LogP contribution in [0.5, 0.6) is 0 Å². The van der Waals surface area contributed by atoms with Crippen molar-refractivity contribution in [3.05, 3.63) is 72.3 Å². The zero-order chi connectivity index (χ0) is 14.7. The summed E-state index contributed by atoms with van der Waals surface area (Å²) in [6.45, 7) is 2.20. The van der Waals surface area contributed by atoms with Gasteiger partial charge >= 0.3 is 5.97 Å². The third-order valence-corrected chi connectivity index (χ3v) is 3.46. The first-order valence-corrected chi connectivity index (χ1v) is 7.05. The zero-order valence-electron chi connectivity index (χ0n) is 11.9. The maximum atomic E-state index is 12.2. The molecular weight excluding hydrogens is 260 g/mol. The molecule has 3 aromatic rings. The van der Waals surface area contributed by atoms with Crippen molar-refractivity contribution in [3.8, 4) is 11.1 Å². The van der Waals surface area contributed by atoms with E-state index >= 15 is 0 Å². The molecule has 0 aliphatic heterocycles. The second-order valence-corrected chi connectivity index (χ2v) is 4.83. The van der Waals surface area contributed by atoms with Crippen molar-refractivity contribution in [1.82, 2.24) is 0 Å². The average molecular weight is 276 g/mol. The molecule has 0 atom stereocenters. The monoisotopic (exact) mass is 276 g/mol. The Labute approximate surface area is 124 Å². The van der Waals surface area contributed by atoms with E-state index in [4.69, 9.17) is 4.74 Å². The normalized spacial score (nSPS) is 10.5. The van der Waals surface area contributed by atoms with Crippen molar-refractivity contribution in [3.63, 3.8) is 0 Å². The van der Waals surface area contributed by atoms with Gasteiger partial charge in [-0.1, -0.05) is 54.6 Å². The molecule has 0 aliphatic carbocycles. The minimum atomic E-state index is -0.272. The van der Waals surface area contributed by atoms with Crippen LogP contribution in [0.1, 0.15) is 17.3 Å². The largest absolute Gasteiger partial charge is 0.462 e. The fraction of sp³-hybridized carbons (Fsp3) is 0.105. The van der Waals surface area contributed by atoms with Gasteiger partial charge in [-0.2, -0.15) is 0 Å². The fourth-order valence-corrected chi connectivity index (χ4v) is 2.49. The van der Waals surface area contributed by atoms with Gasteiger partial charge < -0.3 is 4.74 Å². The summed E-state index contributed by atoms with van der Waals surface area (Å²) in [6, 6.07) is 22.0. The van der Waals surface area contributed by atoms with E-state index in [2.05, 4.69) is 6.07 Å². The van der Waals surface area contributed by atoms with Gasteiger partial charge in [0.2, 0.25) is 0 Å². The first kappa shape index (κ1) is 13.4. The molecule has 0 bridgehead atoms. The van der Waals surface area contributed by atoms with E-state index in [9.17, 15) is 4.79 Å². The molecule has 3 rings (SSSR count). The highest BCUT2D eigenvalue weighted by Gasteiger charge is 2.13. The summed E-state index contributed by atoms with van der Waals surface area (Å²) in [5.41, 5.74) is 2.74. The highest BCUT2D eigenvalue weighted by molar-refractivity contribution is 6.06.